The van der Waals surface area contributed by atoms with Crippen molar-refractivity contribution >= 4 is 21.8 Å². The number of rotatable bonds is 3. The number of hydroxylamine groups is 1. The third-order valence-electron chi connectivity index (χ3n) is 1.82. The van der Waals surface area contributed by atoms with Crippen molar-refractivity contribution in [2.45, 2.75) is 13.8 Å². The van der Waals surface area contributed by atoms with Crippen molar-refractivity contribution in [3.8, 4) is 0 Å². The van der Waals surface area contributed by atoms with E-state index in [1.165, 1.54) is 0 Å². The molecule has 76 valence electrons. The number of benzene rings is 1. The van der Waals surface area contributed by atoms with Crippen molar-refractivity contribution < 1.29 is 9.63 Å². The van der Waals surface area contributed by atoms with Crippen LogP contribution in [-0.4, -0.2) is 12.5 Å². The minimum absolute atomic E-state index is 0.217. The molecule has 1 N–H and O–H groups in total. The zero-order valence-electron chi connectivity index (χ0n) is 8.13. The lowest BCUT2D eigenvalue weighted by atomic mass is 10.1. The van der Waals surface area contributed by atoms with Gasteiger partial charge in [-0.2, -0.15) is 0 Å². The molecule has 0 spiro atoms. The molecular weight excluding hydrogens is 246 g/mol. The Kier molecular flexibility index (Phi) is 4.10. The molecule has 0 bridgehead atoms. The first kappa shape index (κ1) is 11.2. The van der Waals surface area contributed by atoms with Crippen LogP contribution in [0, 0.1) is 6.92 Å². The fourth-order valence-corrected chi connectivity index (χ4v) is 1.41. The summed E-state index contributed by atoms with van der Waals surface area (Å²) < 4.78 is 0.918. The summed E-state index contributed by atoms with van der Waals surface area (Å²) in [5.74, 6) is -0.217. The molecule has 0 aromatic heterocycles. The molecular formula is C10H12BrNO2. The normalized spacial score (nSPS) is 9.93. The third kappa shape index (κ3) is 2.56. The van der Waals surface area contributed by atoms with Gasteiger partial charge in [-0.25, -0.2) is 5.48 Å². The van der Waals surface area contributed by atoms with E-state index in [9.17, 15) is 4.79 Å². The maximum absolute atomic E-state index is 11.5. The molecule has 0 aliphatic carbocycles. The number of nitrogens with one attached hydrogen (secondary N) is 1. The number of hydrogen-bond donors (Lipinski definition) is 1. The van der Waals surface area contributed by atoms with E-state index in [1.807, 2.05) is 26.0 Å². The second-order valence-corrected chi connectivity index (χ2v) is 3.63. The number of carbonyl (C=O) groups excluding carboxylic acids is 1. The summed E-state index contributed by atoms with van der Waals surface area (Å²) in [6.45, 7) is 4.15. The van der Waals surface area contributed by atoms with Gasteiger partial charge in [0.25, 0.3) is 5.91 Å². The molecule has 1 aromatic rings. The lowest BCUT2D eigenvalue weighted by Gasteiger charge is -2.07. The van der Waals surface area contributed by atoms with Crippen molar-refractivity contribution in [1.82, 2.24) is 5.48 Å². The molecule has 4 heteroatoms. The molecule has 3 nitrogen and oxygen atoms in total. The Morgan fingerprint density at radius 3 is 2.93 bits per heavy atom. The highest BCUT2D eigenvalue weighted by atomic mass is 79.9. The van der Waals surface area contributed by atoms with Crippen molar-refractivity contribution in [2.75, 3.05) is 6.61 Å². The molecule has 0 saturated heterocycles. The minimum atomic E-state index is -0.217. The largest absolute Gasteiger partial charge is 0.275 e. The van der Waals surface area contributed by atoms with Crippen LogP contribution in [0.15, 0.2) is 22.7 Å². The summed E-state index contributed by atoms with van der Waals surface area (Å²) in [6, 6.07) is 5.47. The van der Waals surface area contributed by atoms with Gasteiger partial charge in [0.15, 0.2) is 0 Å². The quantitative estimate of drug-likeness (QED) is 0.845. The predicted molar refractivity (Wildman–Crippen MR) is 58.0 cm³/mol. The van der Waals surface area contributed by atoms with Crippen molar-refractivity contribution in [2.24, 2.45) is 0 Å². The maximum Gasteiger partial charge on any atom is 0.275 e. The van der Waals surface area contributed by atoms with E-state index in [0.29, 0.717) is 12.2 Å². The van der Waals surface area contributed by atoms with Crippen LogP contribution in [0.25, 0.3) is 0 Å². The van der Waals surface area contributed by atoms with Crippen molar-refractivity contribution in [3.05, 3.63) is 33.8 Å². The summed E-state index contributed by atoms with van der Waals surface area (Å²) in [4.78, 5) is 16.3. The van der Waals surface area contributed by atoms with Crippen LogP contribution in [0.4, 0.5) is 0 Å². The fraction of sp³-hybridized carbons (Fsp3) is 0.300. The van der Waals surface area contributed by atoms with Gasteiger partial charge in [0.2, 0.25) is 0 Å². The van der Waals surface area contributed by atoms with E-state index in [0.717, 1.165) is 10.0 Å². The fourth-order valence-electron chi connectivity index (χ4n) is 1.05. The Morgan fingerprint density at radius 2 is 2.29 bits per heavy atom. The van der Waals surface area contributed by atoms with Gasteiger partial charge in [0.05, 0.1) is 6.61 Å². The second-order valence-electron chi connectivity index (χ2n) is 2.78. The zero-order chi connectivity index (χ0) is 10.6. The second kappa shape index (κ2) is 5.12. The molecule has 0 radical (unpaired) electrons. The van der Waals surface area contributed by atoms with E-state index < -0.39 is 0 Å². The minimum Gasteiger partial charge on any atom is -0.274 e. The smallest absolute Gasteiger partial charge is 0.274 e. The van der Waals surface area contributed by atoms with E-state index >= 15 is 0 Å². The summed E-state index contributed by atoms with van der Waals surface area (Å²) in [5, 5.41) is 0. The molecule has 14 heavy (non-hydrogen) atoms. The summed E-state index contributed by atoms with van der Waals surface area (Å²) >= 11 is 3.36. The molecule has 0 unspecified atom stereocenters. The van der Waals surface area contributed by atoms with Crippen molar-refractivity contribution in [1.29, 1.82) is 0 Å². The van der Waals surface area contributed by atoms with Crippen LogP contribution >= 0.6 is 15.9 Å². The Hall–Kier alpha value is -0.870. The standard InChI is InChI=1S/C10H12BrNO2/c1-3-14-12-10(13)8-5-4-6-9(11)7(8)2/h4-6H,3H2,1-2H3,(H,12,13). The van der Waals surface area contributed by atoms with Gasteiger partial charge in [0, 0.05) is 10.0 Å². The highest BCUT2D eigenvalue weighted by Gasteiger charge is 2.09. The van der Waals surface area contributed by atoms with E-state index in [1.54, 1.807) is 6.07 Å². The third-order valence-corrected chi connectivity index (χ3v) is 2.68. The first-order valence-electron chi connectivity index (χ1n) is 4.34. The van der Waals surface area contributed by atoms with Crippen LogP contribution in [-0.2, 0) is 4.84 Å². The molecule has 1 rings (SSSR count). The van der Waals surface area contributed by atoms with Gasteiger partial charge in [-0.1, -0.05) is 22.0 Å². The monoisotopic (exact) mass is 257 g/mol. The van der Waals surface area contributed by atoms with Crippen LogP contribution < -0.4 is 5.48 Å². The molecule has 0 aliphatic heterocycles. The van der Waals surface area contributed by atoms with Gasteiger partial charge in [-0.15, -0.1) is 0 Å². The number of carbonyl (C=O) groups is 1. The van der Waals surface area contributed by atoms with E-state index in [4.69, 9.17) is 4.84 Å². The first-order valence-corrected chi connectivity index (χ1v) is 5.13. The number of amides is 1. The van der Waals surface area contributed by atoms with Crippen molar-refractivity contribution in [3.63, 3.8) is 0 Å². The highest BCUT2D eigenvalue weighted by Crippen LogP contribution is 2.19. The Labute approximate surface area is 91.5 Å². The van der Waals surface area contributed by atoms with Crippen LogP contribution in [0.5, 0.6) is 0 Å². The topological polar surface area (TPSA) is 38.3 Å². The molecule has 0 atom stereocenters. The number of halogens is 1. The van der Waals surface area contributed by atoms with Gasteiger partial charge >= 0.3 is 0 Å². The molecule has 0 fully saturated rings. The number of hydrogen-bond acceptors (Lipinski definition) is 2. The van der Waals surface area contributed by atoms with Crippen LogP contribution in [0.3, 0.4) is 0 Å². The van der Waals surface area contributed by atoms with Gasteiger partial charge in [0.1, 0.15) is 0 Å². The summed E-state index contributed by atoms with van der Waals surface area (Å²) in [5.41, 5.74) is 3.88. The van der Waals surface area contributed by atoms with Crippen LogP contribution in [0.1, 0.15) is 22.8 Å². The lowest BCUT2D eigenvalue weighted by Crippen LogP contribution is -2.24. The van der Waals surface area contributed by atoms with Gasteiger partial charge < -0.3 is 0 Å². The first-order chi connectivity index (χ1) is 6.66. The van der Waals surface area contributed by atoms with E-state index in [-0.39, 0.29) is 5.91 Å². The summed E-state index contributed by atoms with van der Waals surface area (Å²) in [6.07, 6.45) is 0. The van der Waals surface area contributed by atoms with Gasteiger partial charge in [-0.3, -0.25) is 9.63 Å². The zero-order valence-corrected chi connectivity index (χ0v) is 9.72. The molecule has 1 amide bonds. The molecule has 1 aromatic carbocycles. The molecule has 0 saturated carbocycles. The molecule has 0 aliphatic rings. The Bertz CT molecular complexity index is 339. The Balaban J connectivity index is 2.84. The SMILES string of the molecule is CCONC(=O)c1cccc(Br)c1C. The highest BCUT2D eigenvalue weighted by molar-refractivity contribution is 9.10. The molecule has 0 heterocycles. The predicted octanol–water partition coefficient (Wildman–Crippen LogP) is 2.44. The van der Waals surface area contributed by atoms with Crippen LogP contribution in [0.2, 0.25) is 0 Å². The van der Waals surface area contributed by atoms with Gasteiger partial charge in [-0.05, 0) is 31.5 Å². The Morgan fingerprint density at radius 1 is 1.57 bits per heavy atom. The maximum atomic E-state index is 11.5. The average Bonchev–Trinajstić information content (AvgIpc) is 2.18. The van der Waals surface area contributed by atoms with E-state index in [2.05, 4.69) is 21.4 Å². The average molecular weight is 258 g/mol. The lowest BCUT2D eigenvalue weighted by molar-refractivity contribution is 0.0364. The summed E-state index contributed by atoms with van der Waals surface area (Å²) in [7, 11) is 0.